The summed E-state index contributed by atoms with van der Waals surface area (Å²) in [6.45, 7) is 8.35. The lowest BCUT2D eigenvalue weighted by Gasteiger charge is -2.22. The lowest BCUT2D eigenvalue weighted by Crippen LogP contribution is -2.22. The highest BCUT2D eigenvalue weighted by atomic mass is 32.2. The maximum absolute atomic E-state index is 12.1. The van der Waals surface area contributed by atoms with Crippen LogP contribution in [0, 0.1) is 6.92 Å². The van der Waals surface area contributed by atoms with E-state index in [4.69, 9.17) is 4.74 Å². The first-order valence-electron chi connectivity index (χ1n) is 9.88. The third-order valence-corrected chi connectivity index (χ3v) is 5.45. The number of para-hydroxylation sites is 1. The average molecular weight is 427 g/mol. The molecule has 0 spiro atoms. The summed E-state index contributed by atoms with van der Waals surface area (Å²) in [6, 6.07) is 15.6. The van der Waals surface area contributed by atoms with Crippen LogP contribution < -0.4 is 10.2 Å². The molecule has 1 N–H and O–H groups in total. The van der Waals surface area contributed by atoms with Crippen LogP contribution in [0.4, 0.5) is 16.2 Å². The van der Waals surface area contributed by atoms with Gasteiger partial charge in [-0.1, -0.05) is 30.0 Å². The molecule has 0 unspecified atom stereocenters. The van der Waals surface area contributed by atoms with Crippen molar-refractivity contribution in [1.29, 1.82) is 0 Å². The van der Waals surface area contributed by atoms with E-state index in [2.05, 4.69) is 45.7 Å². The molecule has 1 heterocycles. The standard InChI is InChI=1S/C21H26N6O2S/c1-4-26(5-2)18-11-12-19(16(3)15-18)22-21(28)29-13-14-30-20-23-24-25-27(20)17-9-7-6-8-10-17/h6-12,15H,4-5,13-14H2,1-3H3,(H,22,28). The minimum Gasteiger partial charge on any atom is -0.448 e. The molecule has 0 radical (unpaired) electrons. The highest BCUT2D eigenvalue weighted by molar-refractivity contribution is 7.99. The number of benzene rings is 2. The van der Waals surface area contributed by atoms with Crippen molar-refractivity contribution in [2.45, 2.75) is 25.9 Å². The van der Waals surface area contributed by atoms with Crippen molar-refractivity contribution < 1.29 is 9.53 Å². The van der Waals surface area contributed by atoms with Gasteiger partial charge in [-0.05, 0) is 67.1 Å². The zero-order valence-corrected chi connectivity index (χ0v) is 18.2. The number of carbonyl (C=O) groups is 1. The van der Waals surface area contributed by atoms with E-state index in [0.29, 0.717) is 10.9 Å². The van der Waals surface area contributed by atoms with E-state index in [1.165, 1.54) is 11.8 Å². The van der Waals surface area contributed by atoms with Crippen LogP contribution in [0.3, 0.4) is 0 Å². The van der Waals surface area contributed by atoms with Crippen LogP contribution in [0.15, 0.2) is 53.7 Å². The fourth-order valence-electron chi connectivity index (χ4n) is 2.99. The molecule has 0 atom stereocenters. The number of ether oxygens (including phenoxy) is 1. The smallest absolute Gasteiger partial charge is 0.411 e. The summed E-state index contributed by atoms with van der Waals surface area (Å²) in [6.07, 6.45) is -0.475. The van der Waals surface area contributed by atoms with Crippen LogP contribution in [0.5, 0.6) is 0 Å². The van der Waals surface area contributed by atoms with Crippen molar-refractivity contribution in [3.63, 3.8) is 0 Å². The Kier molecular flexibility index (Phi) is 7.67. The van der Waals surface area contributed by atoms with Crippen LogP contribution in [0.2, 0.25) is 0 Å². The molecule has 8 nitrogen and oxygen atoms in total. The predicted molar refractivity (Wildman–Crippen MR) is 120 cm³/mol. The molecule has 1 amide bonds. The van der Waals surface area contributed by atoms with Gasteiger partial charge in [0.1, 0.15) is 6.61 Å². The summed E-state index contributed by atoms with van der Waals surface area (Å²) in [5.74, 6) is 0.542. The van der Waals surface area contributed by atoms with Crippen LogP contribution in [0.25, 0.3) is 5.69 Å². The molecule has 0 aliphatic rings. The number of anilines is 2. The summed E-state index contributed by atoms with van der Waals surface area (Å²) in [5.41, 5.74) is 3.76. The number of amides is 1. The van der Waals surface area contributed by atoms with Crippen molar-refractivity contribution in [1.82, 2.24) is 20.2 Å². The molecular formula is C21H26N6O2S. The molecule has 0 fully saturated rings. The van der Waals surface area contributed by atoms with Gasteiger partial charge in [-0.3, -0.25) is 5.32 Å². The minimum atomic E-state index is -0.475. The average Bonchev–Trinajstić information content (AvgIpc) is 3.23. The van der Waals surface area contributed by atoms with Crippen molar-refractivity contribution in [3.8, 4) is 5.69 Å². The zero-order valence-electron chi connectivity index (χ0n) is 17.4. The second-order valence-corrected chi connectivity index (χ2v) is 7.55. The normalized spacial score (nSPS) is 10.6. The van der Waals surface area contributed by atoms with Crippen LogP contribution in [-0.4, -0.2) is 51.7 Å². The first-order chi connectivity index (χ1) is 14.6. The highest BCUT2D eigenvalue weighted by Gasteiger charge is 2.11. The van der Waals surface area contributed by atoms with E-state index in [1.807, 2.05) is 49.4 Å². The van der Waals surface area contributed by atoms with Crippen LogP contribution in [-0.2, 0) is 4.74 Å². The van der Waals surface area contributed by atoms with E-state index in [0.717, 1.165) is 35.7 Å². The van der Waals surface area contributed by atoms with Gasteiger partial charge >= 0.3 is 6.09 Å². The number of nitrogens with zero attached hydrogens (tertiary/aromatic N) is 5. The topological polar surface area (TPSA) is 85.2 Å². The summed E-state index contributed by atoms with van der Waals surface area (Å²) >= 11 is 1.43. The van der Waals surface area contributed by atoms with Gasteiger partial charge < -0.3 is 9.64 Å². The Morgan fingerprint density at radius 2 is 1.93 bits per heavy atom. The van der Waals surface area contributed by atoms with E-state index >= 15 is 0 Å². The monoisotopic (exact) mass is 426 g/mol. The number of tetrazole rings is 1. The fourth-order valence-corrected chi connectivity index (χ4v) is 3.69. The van der Waals surface area contributed by atoms with E-state index in [9.17, 15) is 4.79 Å². The van der Waals surface area contributed by atoms with Gasteiger partial charge in [-0.15, -0.1) is 5.10 Å². The minimum absolute atomic E-state index is 0.245. The maximum Gasteiger partial charge on any atom is 0.411 e. The summed E-state index contributed by atoms with van der Waals surface area (Å²) in [7, 11) is 0. The second-order valence-electron chi connectivity index (χ2n) is 6.49. The third kappa shape index (κ3) is 5.50. The number of nitrogens with one attached hydrogen (secondary N) is 1. The van der Waals surface area contributed by atoms with Crippen molar-refractivity contribution in [2.75, 3.05) is 35.7 Å². The van der Waals surface area contributed by atoms with Crippen LogP contribution in [0.1, 0.15) is 19.4 Å². The number of hydrogen-bond acceptors (Lipinski definition) is 7. The molecule has 0 saturated carbocycles. The first kappa shape index (κ1) is 21.6. The molecule has 30 heavy (non-hydrogen) atoms. The van der Waals surface area contributed by atoms with Gasteiger partial charge in [-0.2, -0.15) is 4.68 Å². The predicted octanol–water partition coefficient (Wildman–Crippen LogP) is 4.16. The van der Waals surface area contributed by atoms with Gasteiger partial charge in [-0.25, -0.2) is 4.79 Å². The lowest BCUT2D eigenvalue weighted by molar-refractivity contribution is 0.169. The highest BCUT2D eigenvalue weighted by Crippen LogP contribution is 2.23. The Balaban J connectivity index is 1.48. The SMILES string of the molecule is CCN(CC)c1ccc(NC(=O)OCCSc2nnnn2-c2ccccc2)c(C)c1. The summed E-state index contributed by atoms with van der Waals surface area (Å²) in [4.78, 5) is 14.4. The van der Waals surface area contributed by atoms with E-state index in [-0.39, 0.29) is 6.61 Å². The molecule has 158 valence electrons. The molecule has 3 aromatic rings. The van der Waals surface area contributed by atoms with Gasteiger partial charge in [0, 0.05) is 30.2 Å². The number of hydrogen-bond donors (Lipinski definition) is 1. The quantitative estimate of drug-likeness (QED) is 0.406. The van der Waals surface area contributed by atoms with Gasteiger partial charge in [0.05, 0.1) is 5.69 Å². The number of thioether (sulfide) groups is 1. The van der Waals surface area contributed by atoms with Gasteiger partial charge in [0.2, 0.25) is 5.16 Å². The Bertz CT molecular complexity index is 959. The molecule has 0 aliphatic carbocycles. The number of aryl methyl sites for hydroxylation is 1. The largest absolute Gasteiger partial charge is 0.448 e. The van der Waals surface area contributed by atoms with Gasteiger partial charge in [0.25, 0.3) is 0 Å². The molecular weight excluding hydrogens is 400 g/mol. The molecule has 1 aromatic heterocycles. The molecule has 9 heteroatoms. The Morgan fingerprint density at radius 3 is 2.63 bits per heavy atom. The van der Waals surface area contributed by atoms with Gasteiger partial charge in [0.15, 0.2) is 0 Å². The maximum atomic E-state index is 12.1. The Labute approximate surface area is 180 Å². The zero-order chi connectivity index (χ0) is 21.3. The Morgan fingerprint density at radius 1 is 1.17 bits per heavy atom. The molecule has 0 saturated heterocycles. The number of rotatable bonds is 9. The molecule has 0 bridgehead atoms. The second kappa shape index (κ2) is 10.6. The van der Waals surface area contributed by atoms with Crippen molar-refractivity contribution in [2.24, 2.45) is 0 Å². The van der Waals surface area contributed by atoms with Crippen molar-refractivity contribution in [3.05, 3.63) is 54.1 Å². The third-order valence-electron chi connectivity index (χ3n) is 4.56. The van der Waals surface area contributed by atoms with Crippen LogP contribution >= 0.6 is 11.8 Å². The van der Waals surface area contributed by atoms with E-state index < -0.39 is 6.09 Å². The van der Waals surface area contributed by atoms with Crippen molar-refractivity contribution >= 4 is 29.2 Å². The number of carbonyl (C=O) groups excluding carboxylic acids is 1. The molecule has 2 aromatic carbocycles. The molecule has 0 aliphatic heterocycles. The van der Waals surface area contributed by atoms with E-state index in [1.54, 1.807) is 4.68 Å². The Hall–Kier alpha value is -3.07. The molecule has 3 rings (SSSR count). The summed E-state index contributed by atoms with van der Waals surface area (Å²) < 4.78 is 6.96. The number of aromatic nitrogens is 4. The lowest BCUT2D eigenvalue weighted by atomic mass is 10.1. The fraction of sp³-hybridized carbons (Fsp3) is 0.333. The summed E-state index contributed by atoms with van der Waals surface area (Å²) in [5, 5.41) is 15.2. The first-order valence-corrected chi connectivity index (χ1v) is 10.9.